The Balaban J connectivity index is 1.72. The third-order valence-electron chi connectivity index (χ3n) is 4.59. The summed E-state index contributed by atoms with van der Waals surface area (Å²) in [6.45, 7) is 9.01. The maximum atomic E-state index is 11.7. The van der Waals surface area contributed by atoms with Crippen LogP contribution in [0.1, 0.15) is 19.4 Å². The van der Waals surface area contributed by atoms with E-state index in [2.05, 4.69) is 16.9 Å². The predicted octanol–water partition coefficient (Wildman–Crippen LogP) is 4.31. The third-order valence-corrected chi connectivity index (χ3v) is 5.45. The van der Waals surface area contributed by atoms with Crippen molar-refractivity contribution in [2.45, 2.75) is 13.8 Å². The molecule has 1 N–H and O–H groups in total. The van der Waals surface area contributed by atoms with E-state index in [9.17, 15) is 4.79 Å². The van der Waals surface area contributed by atoms with E-state index in [0.29, 0.717) is 24.6 Å². The van der Waals surface area contributed by atoms with Crippen molar-refractivity contribution < 1.29 is 14.3 Å². The zero-order valence-electron chi connectivity index (χ0n) is 18.0. The summed E-state index contributed by atoms with van der Waals surface area (Å²) < 4.78 is 12.8. The Bertz CT molecular complexity index is 1240. The minimum Gasteiger partial charge on any atom is -0.494 e. The number of thiazole rings is 1. The fourth-order valence-corrected chi connectivity index (χ4v) is 3.94. The number of aromatic nitrogens is 1. The van der Waals surface area contributed by atoms with E-state index in [1.807, 2.05) is 61.7 Å². The maximum Gasteiger partial charge on any atom is 0.262 e. The van der Waals surface area contributed by atoms with Crippen LogP contribution in [0.5, 0.6) is 11.5 Å². The quantitative estimate of drug-likeness (QED) is 0.432. The van der Waals surface area contributed by atoms with Crippen LogP contribution in [0.15, 0.2) is 70.1 Å². The van der Waals surface area contributed by atoms with E-state index in [1.54, 1.807) is 10.9 Å². The lowest BCUT2D eigenvalue weighted by molar-refractivity contribution is -0.118. The average molecular weight is 449 g/mol. The van der Waals surface area contributed by atoms with Crippen molar-refractivity contribution in [1.29, 1.82) is 0 Å². The van der Waals surface area contributed by atoms with Crippen LogP contribution in [0.3, 0.4) is 0 Å². The number of hydrogen-bond acceptors (Lipinski definition) is 6. The van der Waals surface area contributed by atoms with Gasteiger partial charge in [0.05, 0.1) is 30.7 Å². The van der Waals surface area contributed by atoms with Gasteiger partial charge in [-0.3, -0.25) is 9.79 Å². The highest BCUT2D eigenvalue weighted by atomic mass is 32.1. The SMILES string of the molecule is C=C(C)CN=c1scc(-c2ccc3c(c2)NC(=O)CO3)n1N=Cc1ccc(OCC)cc1. The first-order valence-electron chi connectivity index (χ1n) is 10.2. The van der Waals surface area contributed by atoms with Crippen LogP contribution in [0.2, 0.25) is 0 Å². The zero-order chi connectivity index (χ0) is 22.5. The second-order valence-electron chi connectivity index (χ2n) is 7.28. The molecule has 1 aliphatic rings. The van der Waals surface area contributed by atoms with Gasteiger partial charge in [-0.2, -0.15) is 5.10 Å². The van der Waals surface area contributed by atoms with Crippen LogP contribution in [0.4, 0.5) is 5.69 Å². The fourth-order valence-electron chi connectivity index (χ4n) is 3.10. The number of rotatable bonds is 7. The number of nitrogens with one attached hydrogen (secondary N) is 1. The van der Waals surface area contributed by atoms with Gasteiger partial charge in [-0.05, 0) is 61.9 Å². The fraction of sp³-hybridized carbons (Fsp3) is 0.208. The van der Waals surface area contributed by atoms with Gasteiger partial charge in [-0.25, -0.2) is 4.68 Å². The molecule has 1 aromatic heterocycles. The number of carbonyl (C=O) groups excluding carboxylic acids is 1. The molecule has 8 heteroatoms. The molecule has 2 heterocycles. The van der Waals surface area contributed by atoms with E-state index in [-0.39, 0.29) is 12.5 Å². The lowest BCUT2D eigenvalue weighted by Gasteiger charge is -2.18. The van der Waals surface area contributed by atoms with Crippen LogP contribution in [0.25, 0.3) is 11.3 Å². The van der Waals surface area contributed by atoms with Gasteiger partial charge in [0.25, 0.3) is 5.91 Å². The number of benzene rings is 2. The summed E-state index contributed by atoms with van der Waals surface area (Å²) in [6, 6.07) is 13.4. The van der Waals surface area contributed by atoms with Gasteiger partial charge in [0, 0.05) is 10.9 Å². The lowest BCUT2D eigenvalue weighted by atomic mass is 10.1. The van der Waals surface area contributed by atoms with Crippen molar-refractivity contribution in [3.8, 4) is 22.8 Å². The van der Waals surface area contributed by atoms with E-state index in [4.69, 9.17) is 14.6 Å². The predicted molar refractivity (Wildman–Crippen MR) is 128 cm³/mol. The molecule has 0 atom stereocenters. The van der Waals surface area contributed by atoms with Crippen molar-refractivity contribution in [3.63, 3.8) is 0 Å². The van der Waals surface area contributed by atoms with Crippen molar-refractivity contribution in [2.75, 3.05) is 25.1 Å². The minimum absolute atomic E-state index is 0.0289. The molecule has 0 saturated carbocycles. The highest BCUT2D eigenvalue weighted by Gasteiger charge is 2.17. The Labute approximate surface area is 190 Å². The molecule has 0 spiro atoms. The third kappa shape index (κ3) is 4.97. The molecule has 0 aliphatic carbocycles. The highest BCUT2D eigenvalue weighted by molar-refractivity contribution is 7.07. The number of hydrogen-bond donors (Lipinski definition) is 1. The topological polar surface area (TPSA) is 77.2 Å². The van der Waals surface area contributed by atoms with Crippen molar-refractivity contribution in [3.05, 3.63) is 70.4 Å². The largest absolute Gasteiger partial charge is 0.494 e. The first-order valence-corrected chi connectivity index (χ1v) is 11.1. The van der Waals surface area contributed by atoms with E-state index in [1.165, 1.54) is 11.3 Å². The van der Waals surface area contributed by atoms with Crippen LogP contribution < -0.4 is 19.6 Å². The molecule has 32 heavy (non-hydrogen) atoms. The maximum absolute atomic E-state index is 11.7. The van der Waals surface area contributed by atoms with Crippen molar-refractivity contribution in [2.24, 2.45) is 10.1 Å². The lowest BCUT2D eigenvalue weighted by Crippen LogP contribution is -2.25. The van der Waals surface area contributed by atoms with Gasteiger partial charge >= 0.3 is 0 Å². The first kappa shape index (κ1) is 21.6. The molecule has 0 unspecified atom stereocenters. The molecule has 4 rings (SSSR count). The van der Waals surface area contributed by atoms with Crippen LogP contribution in [0, 0.1) is 0 Å². The molecule has 164 valence electrons. The molecule has 0 saturated heterocycles. The molecule has 7 nitrogen and oxygen atoms in total. The second-order valence-corrected chi connectivity index (χ2v) is 8.12. The molecule has 3 aromatic rings. The molecular weight excluding hydrogens is 424 g/mol. The smallest absolute Gasteiger partial charge is 0.262 e. The summed E-state index contributed by atoms with van der Waals surface area (Å²) in [5.41, 5.74) is 4.31. The molecule has 0 radical (unpaired) electrons. The molecule has 2 aromatic carbocycles. The first-order chi connectivity index (χ1) is 15.5. The summed E-state index contributed by atoms with van der Waals surface area (Å²) >= 11 is 1.50. The van der Waals surface area contributed by atoms with E-state index >= 15 is 0 Å². The van der Waals surface area contributed by atoms with Crippen LogP contribution >= 0.6 is 11.3 Å². The van der Waals surface area contributed by atoms with Gasteiger partial charge in [0.15, 0.2) is 6.61 Å². The molecule has 0 bridgehead atoms. The average Bonchev–Trinajstić information content (AvgIpc) is 3.19. The number of nitrogens with zero attached hydrogens (tertiary/aromatic N) is 3. The Kier molecular flexibility index (Phi) is 6.51. The zero-order valence-corrected chi connectivity index (χ0v) is 18.8. The Hall–Kier alpha value is -3.65. The van der Waals surface area contributed by atoms with E-state index < -0.39 is 0 Å². The van der Waals surface area contributed by atoms with Gasteiger partial charge < -0.3 is 14.8 Å². The summed E-state index contributed by atoms with van der Waals surface area (Å²) in [6.07, 6.45) is 1.79. The highest BCUT2D eigenvalue weighted by Crippen LogP contribution is 2.32. The summed E-state index contributed by atoms with van der Waals surface area (Å²) in [5, 5.41) is 9.57. The molecule has 1 aliphatic heterocycles. The van der Waals surface area contributed by atoms with E-state index in [0.717, 1.165) is 32.9 Å². The van der Waals surface area contributed by atoms with Crippen LogP contribution in [-0.2, 0) is 4.79 Å². The summed E-state index contributed by atoms with van der Waals surface area (Å²) in [5.74, 6) is 1.31. The number of anilines is 1. The number of amides is 1. The van der Waals surface area contributed by atoms with Crippen LogP contribution in [-0.4, -0.2) is 36.6 Å². The van der Waals surface area contributed by atoms with Crippen molar-refractivity contribution >= 4 is 29.1 Å². The minimum atomic E-state index is -0.168. The number of ether oxygens (including phenoxy) is 2. The normalized spacial score (nSPS) is 13.6. The van der Waals surface area contributed by atoms with Gasteiger partial charge in [0.2, 0.25) is 4.80 Å². The Morgan fingerprint density at radius 1 is 1.31 bits per heavy atom. The molecule has 1 amide bonds. The summed E-state index contributed by atoms with van der Waals surface area (Å²) in [4.78, 5) is 17.1. The van der Waals surface area contributed by atoms with Gasteiger partial charge in [-0.15, -0.1) is 11.3 Å². The summed E-state index contributed by atoms with van der Waals surface area (Å²) in [7, 11) is 0. The van der Waals surface area contributed by atoms with Gasteiger partial charge in [0.1, 0.15) is 11.5 Å². The molecule has 0 fully saturated rings. The Morgan fingerprint density at radius 2 is 2.12 bits per heavy atom. The Morgan fingerprint density at radius 3 is 2.88 bits per heavy atom. The van der Waals surface area contributed by atoms with Crippen molar-refractivity contribution in [1.82, 2.24) is 4.68 Å². The second kappa shape index (κ2) is 9.65. The number of fused-ring (bicyclic) bond motifs is 1. The number of carbonyl (C=O) groups is 1. The molecular formula is C24H24N4O3S. The monoisotopic (exact) mass is 448 g/mol. The van der Waals surface area contributed by atoms with Gasteiger partial charge in [-0.1, -0.05) is 12.2 Å². The standard InChI is InChI=1S/C24H24N4O3S/c1-4-30-19-8-5-17(6-9-19)13-26-28-21(15-32-24(28)25-12-16(2)3)18-7-10-22-20(11-18)27-23(29)14-31-22/h5-11,13,15H,2,4,12,14H2,1,3H3,(H,27,29).